The number of aliphatic hydroxyl groups is 1. The van der Waals surface area contributed by atoms with Gasteiger partial charge in [0.25, 0.3) is 0 Å². The van der Waals surface area contributed by atoms with Gasteiger partial charge in [0.2, 0.25) is 0 Å². The minimum absolute atomic E-state index is 0.0287. The smallest absolute Gasteiger partial charge is 0.397 e. The van der Waals surface area contributed by atoms with Crippen LogP contribution in [0.25, 0.3) is 0 Å². The first-order chi connectivity index (χ1) is 16.4. The van der Waals surface area contributed by atoms with Gasteiger partial charge in [0.15, 0.2) is 0 Å². The summed E-state index contributed by atoms with van der Waals surface area (Å²) in [5.74, 6) is -0.664. The van der Waals surface area contributed by atoms with Crippen molar-refractivity contribution in [3.8, 4) is 0 Å². The Morgan fingerprint density at radius 2 is 1.28 bits per heavy atom. The molecule has 36 heavy (non-hydrogen) atoms. The van der Waals surface area contributed by atoms with Gasteiger partial charge in [0.05, 0.1) is 60.8 Å². The SMILES string of the molecule is BBC(CO)COP(=O)(O)OC(C)(CC)CCOP(=O)(O)OC(C)(CC)CC(BB)COP(=O)(O)O. The van der Waals surface area contributed by atoms with Crippen LogP contribution in [-0.4, -0.2) is 92.1 Å². The van der Waals surface area contributed by atoms with E-state index in [1.807, 2.05) is 0 Å². The second kappa shape index (κ2) is 16.0. The number of rotatable bonds is 21. The van der Waals surface area contributed by atoms with Crippen molar-refractivity contribution in [3.05, 3.63) is 0 Å². The fourth-order valence-corrected chi connectivity index (χ4v) is 5.92. The molecule has 0 rings (SSSR count). The van der Waals surface area contributed by atoms with Crippen LogP contribution in [0.5, 0.6) is 0 Å². The van der Waals surface area contributed by atoms with E-state index in [4.69, 9.17) is 27.9 Å². The van der Waals surface area contributed by atoms with E-state index >= 15 is 0 Å². The van der Waals surface area contributed by atoms with Gasteiger partial charge < -0.3 is 24.7 Å². The molecule has 0 heterocycles. The Labute approximate surface area is 217 Å². The van der Waals surface area contributed by atoms with Crippen molar-refractivity contribution < 1.29 is 61.0 Å². The molecule has 0 aliphatic carbocycles. The highest BCUT2D eigenvalue weighted by atomic mass is 31.2. The van der Waals surface area contributed by atoms with E-state index < -0.39 is 34.7 Å². The highest BCUT2D eigenvalue weighted by Gasteiger charge is 2.39. The minimum atomic E-state index is -4.65. The monoisotopic (exact) mass is 578 g/mol. The van der Waals surface area contributed by atoms with Gasteiger partial charge in [-0.25, -0.2) is 13.7 Å². The second-order valence-electron chi connectivity index (χ2n) is 9.33. The quantitative estimate of drug-likeness (QED) is 0.0904. The van der Waals surface area contributed by atoms with Crippen molar-refractivity contribution in [2.75, 3.05) is 26.4 Å². The molecule has 0 amide bonds. The van der Waals surface area contributed by atoms with E-state index in [0.29, 0.717) is 20.8 Å². The predicted octanol–water partition coefficient (Wildman–Crippen LogP) is 0.0190. The summed E-state index contributed by atoms with van der Waals surface area (Å²) in [6, 6.07) is 0. The van der Waals surface area contributed by atoms with Crippen molar-refractivity contribution in [1.29, 1.82) is 0 Å². The standard InChI is InChI=1S/C16H41B4O13P3/c1-5-15(3,32-36(27,28)31-12-14(10-21)20-18)7-8-29-35(25,26)33-16(4,6-2)9-13(19-17)11-30-34(22,23)24/h13-14,19-21H,5-12,17-18H2,1-4H3,(H,25,26)(H,27,28)(H2,22,23,24). The lowest BCUT2D eigenvalue weighted by Crippen LogP contribution is -2.32. The summed E-state index contributed by atoms with van der Waals surface area (Å²) in [5.41, 5.74) is -2.36. The molecule has 0 aliphatic heterocycles. The lowest BCUT2D eigenvalue weighted by Gasteiger charge is -2.34. The van der Waals surface area contributed by atoms with Crippen LogP contribution in [-0.2, 0) is 36.3 Å². The fraction of sp³-hybridized carbons (Fsp3) is 1.00. The van der Waals surface area contributed by atoms with Gasteiger partial charge in [-0.15, -0.1) is 0 Å². The third kappa shape index (κ3) is 15.8. The zero-order chi connectivity index (χ0) is 28.3. The predicted molar refractivity (Wildman–Crippen MR) is 144 cm³/mol. The normalized spacial score (nSPS) is 20.8. The summed E-state index contributed by atoms with van der Waals surface area (Å²) in [4.78, 5) is 38.2. The Morgan fingerprint density at radius 3 is 1.72 bits per heavy atom. The van der Waals surface area contributed by atoms with E-state index in [2.05, 4.69) is 4.52 Å². The molecule has 0 radical (unpaired) electrons. The summed E-state index contributed by atoms with van der Waals surface area (Å²) in [6.07, 6.45) is 0.726. The van der Waals surface area contributed by atoms with Crippen molar-refractivity contribution >= 4 is 53.3 Å². The fourth-order valence-electron chi connectivity index (χ4n) is 3.15. The van der Waals surface area contributed by atoms with Crippen LogP contribution in [0.1, 0.15) is 53.4 Å². The first-order valence-corrected chi connectivity index (χ1v) is 16.6. The van der Waals surface area contributed by atoms with Gasteiger partial charge in [-0.2, -0.15) is 0 Å². The third-order valence-corrected chi connectivity index (χ3v) is 8.95. The van der Waals surface area contributed by atoms with Gasteiger partial charge in [0, 0.05) is 13.0 Å². The molecule has 0 aromatic carbocycles. The van der Waals surface area contributed by atoms with Crippen LogP contribution in [0, 0.1) is 0 Å². The minimum Gasteiger partial charge on any atom is -0.397 e. The summed E-state index contributed by atoms with van der Waals surface area (Å²) in [7, 11) is -9.05. The van der Waals surface area contributed by atoms with Crippen LogP contribution in [0.2, 0.25) is 11.6 Å². The number of phosphoric ester groups is 3. The molecule has 0 spiro atoms. The maximum Gasteiger partial charge on any atom is 0.472 e. The van der Waals surface area contributed by atoms with Crippen LogP contribution in [0.3, 0.4) is 0 Å². The first-order valence-electron chi connectivity index (χ1n) is 12.0. The molecular formula is C16H41B4O13P3. The van der Waals surface area contributed by atoms with Gasteiger partial charge in [0.1, 0.15) is 0 Å². The van der Waals surface area contributed by atoms with Crippen molar-refractivity contribution in [1.82, 2.24) is 0 Å². The van der Waals surface area contributed by atoms with Gasteiger partial charge in [-0.05, 0) is 44.7 Å². The zero-order valence-electron chi connectivity index (χ0n) is 22.1. The van der Waals surface area contributed by atoms with Gasteiger partial charge in [-0.1, -0.05) is 13.8 Å². The Bertz CT molecular complexity index is 786. The molecule has 5 N–H and O–H groups in total. The van der Waals surface area contributed by atoms with E-state index in [-0.39, 0.29) is 57.3 Å². The van der Waals surface area contributed by atoms with Crippen LogP contribution in [0.15, 0.2) is 0 Å². The zero-order valence-corrected chi connectivity index (χ0v) is 24.8. The molecule has 0 fully saturated rings. The molecule has 13 nitrogen and oxygen atoms in total. The largest absolute Gasteiger partial charge is 0.472 e. The summed E-state index contributed by atoms with van der Waals surface area (Å²) >= 11 is 0. The van der Waals surface area contributed by atoms with Crippen LogP contribution >= 0.6 is 23.5 Å². The molecule has 0 saturated heterocycles. The lowest BCUT2D eigenvalue weighted by molar-refractivity contribution is -0.00142. The average Bonchev–Trinajstić information content (AvgIpc) is 2.75. The molecule has 20 heteroatoms. The van der Waals surface area contributed by atoms with Crippen LogP contribution < -0.4 is 0 Å². The summed E-state index contributed by atoms with van der Waals surface area (Å²) in [5, 5.41) is 9.21. The van der Waals surface area contributed by atoms with Crippen molar-refractivity contribution in [3.63, 3.8) is 0 Å². The molecule has 0 aliphatic rings. The Morgan fingerprint density at radius 1 is 0.806 bits per heavy atom. The molecule has 0 aromatic rings. The summed E-state index contributed by atoms with van der Waals surface area (Å²) in [6.45, 7) is 5.63. The molecule has 6 atom stereocenters. The number of aliphatic hydroxyl groups excluding tert-OH is 1. The van der Waals surface area contributed by atoms with Crippen molar-refractivity contribution in [2.24, 2.45) is 0 Å². The lowest BCUT2D eigenvalue weighted by atomic mass is 9.46. The van der Waals surface area contributed by atoms with E-state index in [0.717, 1.165) is 0 Å². The third-order valence-electron chi connectivity index (χ3n) is 6.14. The molecular weight excluding hydrogens is 536 g/mol. The highest BCUT2D eigenvalue weighted by Crippen LogP contribution is 2.52. The molecule has 6 unspecified atom stereocenters. The molecule has 0 aromatic heterocycles. The Kier molecular flexibility index (Phi) is 16.2. The van der Waals surface area contributed by atoms with Crippen LogP contribution in [0.4, 0.5) is 0 Å². The maximum atomic E-state index is 12.6. The number of hydrogen-bond acceptors (Lipinski definition) is 9. The van der Waals surface area contributed by atoms with Crippen molar-refractivity contribution in [2.45, 2.75) is 76.2 Å². The molecule has 210 valence electrons. The van der Waals surface area contributed by atoms with Gasteiger partial charge in [-0.3, -0.25) is 22.6 Å². The Hall–Kier alpha value is 0.550. The number of phosphoric acid groups is 3. The van der Waals surface area contributed by atoms with E-state index in [1.165, 1.54) is 6.92 Å². The van der Waals surface area contributed by atoms with E-state index in [9.17, 15) is 28.6 Å². The molecule has 0 bridgehead atoms. The summed E-state index contributed by atoms with van der Waals surface area (Å²) < 4.78 is 61.4. The topological polar surface area (TPSA) is 199 Å². The Balaban J connectivity index is 5.04. The van der Waals surface area contributed by atoms with E-state index in [1.54, 1.807) is 36.2 Å². The molecule has 0 saturated carbocycles. The average molecular weight is 578 g/mol. The second-order valence-corrected chi connectivity index (χ2v) is 13.3. The maximum absolute atomic E-state index is 12.6. The highest BCUT2D eigenvalue weighted by molar-refractivity contribution is 7.47. The van der Waals surface area contributed by atoms with Gasteiger partial charge >= 0.3 is 23.5 Å². The first kappa shape index (κ1) is 36.5. The number of hydrogen-bond donors (Lipinski definition) is 5.